The van der Waals surface area contributed by atoms with E-state index in [-0.39, 0.29) is 30.2 Å². The minimum atomic E-state index is -1.30. The van der Waals surface area contributed by atoms with Gasteiger partial charge in [-0.25, -0.2) is 9.59 Å². The Hall–Kier alpha value is -4.37. The molecule has 1 rings (SSSR count). The second kappa shape index (κ2) is 26.1. The first kappa shape index (κ1) is 38.7. The molecule has 45 heavy (non-hydrogen) atoms. The monoisotopic (exact) mass is 621 g/mol. The van der Waals surface area contributed by atoms with Crippen LogP contribution in [0.15, 0.2) is 91.1 Å². The van der Waals surface area contributed by atoms with Crippen LogP contribution in [0.5, 0.6) is 5.75 Å². The van der Waals surface area contributed by atoms with E-state index in [9.17, 15) is 19.5 Å². The summed E-state index contributed by atoms with van der Waals surface area (Å²) in [4.78, 5) is 35.5. The van der Waals surface area contributed by atoms with Crippen molar-refractivity contribution >= 4 is 23.6 Å². The fourth-order valence-electron chi connectivity index (χ4n) is 3.88. The number of aromatic hydroxyl groups is 1. The highest BCUT2D eigenvalue weighted by Crippen LogP contribution is 2.21. The van der Waals surface area contributed by atoms with E-state index in [4.69, 9.17) is 9.84 Å². The van der Waals surface area contributed by atoms with Crippen LogP contribution >= 0.6 is 0 Å². The number of carbonyl (C=O) groups is 3. The first-order chi connectivity index (χ1) is 21.9. The summed E-state index contributed by atoms with van der Waals surface area (Å²) in [7, 11) is 0. The molecule has 5 N–H and O–H groups in total. The van der Waals surface area contributed by atoms with Crippen molar-refractivity contribution in [3.63, 3.8) is 0 Å². The summed E-state index contributed by atoms with van der Waals surface area (Å²) in [5.74, 6) is -1.93. The van der Waals surface area contributed by atoms with E-state index in [1.165, 1.54) is 12.1 Å². The standard InChI is InChI=1S/C36H51N3O6/c1-3-5-6-7-8-9-10-11-12-13-14-15-16-17-18-19-20-21-22-23-28-45-33(4-2)34(41)37-26-27-38-36(44)39-30-24-25-32(40)31(29-30)35(42)43/h5-6,8-9,11-12,14-15,17-18,20-21,24-25,29,33,40H,3-4,7,10,13,16,19,22-23,26-28H2,1-2H3,(H,37,41)(H,42,43)(H2,38,39,44). The zero-order valence-corrected chi connectivity index (χ0v) is 26.8. The number of aromatic carboxylic acids is 1. The third-order valence-corrected chi connectivity index (χ3v) is 6.29. The van der Waals surface area contributed by atoms with Gasteiger partial charge >= 0.3 is 12.0 Å². The molecule has 9 nitrogen and oxygen atoms in total. The van der Waals surface area contributed by atoms with Crippen LogP contribution in [0.1, 0.15) is 82.0 Å². The SMILES string of the molecule is CCC=CCC=CCC=CCC=CCC=CCC=CCCCOC(CC)C(=O)NCCNC(=O)Nc1ccc(O)c(C(=O)O)c1. The number of phenols is 1. The molecule has 246 valence electrons. The Kier molecular flexibility index (Phi) is 22.4. The van der Waals surface area contributed by atoms with Crippen LogP contribution in [0.3, 0.4) is 0 Å². The van der Waals surface area contributed by atoms with Crippen molar-refractivity contribution in [1.29, 1.82) is 0 Å². The summed E-state index contributed by atoms with van der Waals surface area (Å²) in [5.41, 5.74) is -0.0989. The summed E-state index contributed by atoms with van der Waals surface area (Å²) in [6.07, 6.45) is 33.6. The summed E-state index contributed by atoms with van der Waals surface area (Å²) in [6.45, 7) is 4.87. The highest BCUT2D eigenvalue weighted by Gasteiger charge is 2.16. The number of ether oxygens (including phenoxy) is 1. The van der Waals surface area contributed by atoms with Crippen molar-refractivity contribution in [3.05, 3.63) is 96.7 Å². The highest BCUT2D eigenvalue weighted by molar-refractivity contribution is 5.95. The van der Waals surface area contributed by atoms with Gasteiger partial charge in [-0.1, -0.05) is 86.8 Å². The van der Waals surface area contributed by atoms with E-state index < -0.39 is 23.9 Å². The van der Waals surface area contributed by atoms with Crippen LogP contribution in [-0.2, 0) is 9.53 Å². The summed E-state index contributed by atoms with van der Waals surface area (Å²) < 4.78 is 5.74. The Bertz CT molecular complexity index is 1180. The van der Waals surface area contributed by atoms with Gasteiger partial charge in [0.2, 0.25) is 5.91 Å². The number of anilines is 1. The molecule has 0 radical (unpaired) electrons. The topological polar surface area (TPSA) is 137 Å². The number of rotatable bonds is 23. The average Bonchev–Trinajstić information content (AvgIpc) is 3.02. The van der Waals surface area contributed by atoms with Crippen LogP contribution in [-0.4, -0.2) is 53.9 Å². The van der Waals surface area contributed by atoms with Gasteiger partial charge in [0.25, 0.3) is 0 Å². The summed E-state index contributed by atoms with van der Waals surface area (Å²) in [5, 5.41) is 26.4. The van der Waals surface area contributed by atoms with Gasteiger partial charge in [0, 0.05) is 25.4 Å². The van der Waals surface area contributed by atoms with Gasteiger partial charge in [-0.3, -0.25) is 4.79 Å². The normalized spacial score (nSPS) is 12.8. The van der Waals surface area contributed by atoms with E-state index in [0.717, 1.165) is 57.4 Å². The Morgan fingerprint density at radius 1 is 0.778 bits per heavy atom. The molecule has 0 aliphatic heterocycles. The Labute approximate surface area is 268 Å². The van der Waals surface area contributed by atoms with Gasteiger partial charge in [0.1, 0.15) is 17.4 Å². The van der Waals surface area contributed by atoms with Gasteiger partial charge < -0.3 is 30.9 Å². The second-order valence-electron chi connectivity index (χ2n) is 10.0. The number of hydrogen-bond acceptors (Lipinski definition) is 5. The molecule has 0 spiro atoms. The Morgan fingerprint density at radius 2 is 1.31 bits per heavy atom. The average molecular weight is 622 g/mol. The number of benzene rings is 1. The van der Waals surface area contributed by atoms with E-state index >= 15 is 0 Å². The van der Waals surface area contributed by atoms with E-state index in [2.05, 4.69) is 95.8 Å². The molecular formula is C36H51N3O6. The third kappa shape index (κ3) is 20.3. The van der Waals surface area contributed by atoms with Gasteiger partial charge in [-0.15, -0.1) is 0 Å². The lowest BCUT2D eigenvalue weighted by molar-refractivity contribution is -0.133. The van der Waals surface area contributed by atoms with Gasteiger partial charge in [0.15, 0.2) is 0 Å². The first-order valence-electron chi connectivity index (χ1n) is 15.8. The lowest BCUT2D eigenvalue weighted by Crippen LogP contribution is -2.41. The number of urea groups is 1. The molecule has 3 amide bonds. The maximum atomic E-state index is 12.4. The minimum absolute atomic E-state index is 0.167. The van der Waals surface area contributed by atoms with Crippen molar-refractivity contribution in [2.45, 2.75) is 77.7 Å². The number of allylic oxidation sites excluding steroid dienone is 12. The lowest BCUT2D eigenvalue weighted by atomic mass is 10.2. The predicted octanol–water partition coefficient (Wildman–Crippen LogP) is 7.60. The molecule has 1 atom stereocenters. The number of carboxylic acids is 1. The smallest absolute Gasteiger partial charge is 0.339 e. The van der Waals surface area contributed by atoms with E-state index in [1.54, 1.807) is 0 Å². The zero-order valence-electron chi connectivity index (χ0n) is 26.8. The number of amides is 3. The molecule has 0 bridgehead atoms. The van der Waals surface area contributed by atoms with Crippen LogP contribution < -0.4 is 16.0 Å². The molecule has 0 aliphatic carbocycles. The number of hydrogen-bond donors (Lipinski definition) is 5. The molecule has 0 aromatic heterocycles. The molecular weight excluding hydrogens is 570 g/mol. The maximum absolute atomic E-state index is 12.4. The molecule has 0 saturated carbocycles. The maximum Gasteiger partial charge on any atom is 0.339 e. The van der Waals surface area contributed by atoms with Crippen LogP contribution in [0.4, 0.5) is 10.5 Å². The van der Waals surface area contributed by atoms with Crippen molar-refractivity contribution in [2.75, 3.05) is 25.0 Å². The molecule has 0 heterocycles. The molecule has 0 saturated heterocycles. The quantitative estimate of drug-likeness (QED) is 0.0485. The zero-order chi connectivity index (χ0) is 33.0. The lowest BCUT2D eigenvalue weighted by Gasteiger charge is -2.16. The van der Waals surface area contributed by atoms with Crippen LogP contribution in [0, 0.1) is 0 Å². The molecule has 0 aliphatic rings. The number of unbranched alkanes of at least 4 members (excludes halogenated alkanes) is 1. The van der Waals surface area contributed by atoms with Gasteiger partial charge in [-0.05, 0) is 76.0 Å². The first-order valence-corrected chi connectivity index (χ1v) is 15.8. The molecule has 1 aromatic carbocycles. The van der Waals surface area contributed by atoms with Crippen molar-refractivity contribution < 1.29 is 29.3 Å². The Balaban J connectivity index is 2.10. The molecule has 0 fully saturated rings. The fraction of sp³-hybridized carbons (Fsp3) is 0.417. The third-order valence-electron chi connectivity index (χ3n) is 6.29. The van der Waals surface area contributed by atoms with Crippen molar-refractivity contribution in [3.8, 4) is 5.75 Å². The number of nitrogens with one attached hydrogen (secondary N) is 3. The van der Waals surface area contributed by atoms with E-state index in [0.29, 0.717) is 13.0 Å². The molecule has 1 aromatic rings. The van der Waals surface area contributed by atoms with Crippen LogP contribution in [0.25, 0.3) is 0 Å². The Morgan fingerprint density at radius 3 is 1.84 bits per heavy atom. The molecule has 9 heteroatoms. The van der Waals surface area contributed by atoms with E-state index in [1.807, 2.05) is 6.92 Å². The summed E-state index contributed by atoms with van der Waals surface area (Å²) in [6, 6.07) is 3.16. The number of carboxylic acid groups (broad SMARTS) is 1. The predicted molar refractivity (Wildman–Crippen MR) is 183 cm³/mol. The summed E-state index contributed by atoms with van der Waals surface area (Å²) >= 11 is 0. The minimum Gasteiger partial charge on any atom is -0.507 e. The van der Waals surface area contributed by atoms with Crippen molar-refractivity contribution in [1.82, 2.24) is 10.6 Å². The second-order valence-corrected chi connectivity index (χ2v) is 10.0. The van der Waals surface area contributed by atoms with Gasteiger partial charge in [-0.2, -0.15) is 0 Å². The number of carbonyl (C=O) groups excluding carboxylic acids is 2. The largest absolute Gasteiger partial charge is 0.507 e. The molecule has 1 unspecified atom stereocenters. The van der Waals surface area contributed by atoms with Crippen molar-refractivity contribution in [2.24, 2.45) is 0 Å². The highest BCUT2D eigenvalue weighted by atomic mass is 16.5. The fourth-order valence-corrected chi connectivity index (χ4v) is 3.88. The van der Waals surface area contributed by atoms with Gasteiger partial charge in [0.05, 0.1) is 0 Å². The van der Waals surface area contributed by atoms with Crippen LogP contribution in [0.2, 0.25) is 0 Å².